The molecule has 3 atom stereocenters. The fraction of sp³-hybridized carbons (Fsp3) is 0.900. The first-order valence-corrected chi connectivity index (χ1v) is 5.23. The Balaban J connectivity index is 1.72. The van der Waals surface area contributed by atoms with Crippen LogP contribution in [-0.4, -0.2) is 24.7 Å². The molecule has 0 unspecified atom stereocenters. The Morgan fingerprint density at radius 1 is 1.62 bits per heavy atom. The minimum atomic E-state index is -0.155. The van der Waals surface area contributed by atoms with E-state index in [1.54, 1.807) is 0 Å². The lowest BCUT2D eigenvalue weighted by atomic mass is 10.2. The van der Waals surface area contributed by atoms with Crippen LogP contribution in [-0.2, 0) is 9.53 Å². The molecule has 1 aliphatic carbocycles. The van der Waals surface area contributed by atoms with Crippen LogP contribution >= 0.6 is 0 Å². The van der Waals surface area contributed by atoms with Gasteiger partial charge in [0.2, 0.25) is 5.91 Å². The Hall–Kier alpha value is -0.570. The minimum Gasteiger partial charge on any atom is -0.368 e. The van der Waals surface area contributed by atoms with Crippen LogP contribution in [0.1, 0.15) is 32.6 Å². The van der Waals surface area contributed by atoms with Crippen LogP contribution in [0.3, 0.4) is 0 Å². The number of amides is 1. The molecule has 2 aliphatic rings. The van der Waals surface area contributed by atoms with E-state index in [0.717, 1.165) is 31.8 Å². The number of ether oxygens (including phenoxy) is 1. The van der Waals surface area contributed by atoms with Gasteiger partial charge in [-0.25, -0.2) is 0 Å². The van der Waals surface area contributed by atoms with Crippen LogP contribution < -0.4 is 5.32 Å². The third kappa shape index (κ3) is 2.02. The molecule has 3 nitrogen and oxygen atoms in total. The standard InChI is InChI=1S/C10H17NO2/c1-2-7-6-8(7)11-10(12)9-4-3-5-13-9/h7-9H,2-6H2,1H3,(H,11,12)/t7-,8-,9+/m1/s1. The Kier molecular flexibility index (Phi) is 2.54. The molecular formula is C10H17NO2. The van der Waals surface area contributed by atoms with Crippen LogP contribution in [0.15, 0.2) is 0 Å². The average Bonchev–Trinajstić information content (AvgIpc) is 2.68. The predicted octanol–water partition coefficient (Wildman–Crippen LogP) is 1.08. The molecular weight excluding hydrogens is 166 g/mol. The van der Waals surface area contributed by atoms with Crippen molar-refractivity contribution in [3.05, 3.63) is 0 Å². The van der Waals surface area contributed by atoms with Crippen molar-refractivity contribution in [2.24, 2.45) is 5.92 Å². The summed E-state index contributed by atoms with van der Waals surface area (Å²) in [6.07, 6.45) is 4.11. The third-order valence-corrected chi connectivity index (χ3v) is 3.00. The number of hydrogen-bond donors (Lipinski definition) is 1. The molecule has 0 aromatic rings. The zero-order chi connectivity index (χ0) is 9.26. The molecule has 1 saturated heterocycles. The van der Waals surface area contributed by atoms with Crippen LogP contribution in [0, 0.1) is 5.92 Å². The van der Waals surface area contributed by atoms with Crippen LogP contribution in [0.4, 0.5) is 0 Å². The fourth-order valence-electron chi connectivity index (χ4n) is 1.94. The van der Waals surface area contributed by atoms with Gasteiger partial charge >= 0.3 is 0 Å². The van der Waals surface area contributed by atoms with Crippen molar-refractivity contribution in [1.82, 2.24) is 5.32 Å². The first-order valence-electron chi connectivity index (χ1n) is 5.23. The maximum Gasteiger partial charge on any atom is 0.249 e. The second-order valence-corrected chi connectivity index (χ2v) is 4.02. The highest BCUT2D eigenvalue weighted by molar-refractivity contribution is 5.81. The van der Waals surface area contributed by atoms with Crippen LogP contribution in [0.2, 0.25) is 0 Å². The highest BCUT2D eigenvalue weighted by Crippen LogP contribution is 2.33. The summed E-state index contributed by atoms with van der Waals surface area (Å²) in [7, 11) is 0. The van der Waals surface area contributed by atoms with E-state index in [0.29, 0.717) is 6.04 Å². The zero-order valence-corrected chi connectivity index (χ0v) is 8.08. The largest absolute Gasteiger partial charge is 0.368 e. The van der Waals surface area contributed by atoms with Crippen molar-refractivity contribution >= 4 is 5.91 Å². The van der Waals surface area contributed by atoms with Crippen LogP contribution in [0.5, 0.6) is 0 Å². The van der Waals surface area contributed by atoms with E-state index >= 15 is 0 Å². The summed E-state index contributed by atoms with van der Waals surface area (Å²) in [6, 6.07) is 0.446. The van der Waals surface area contributed by atoms with Crippen molar-refractivity contribution < 1.29 is 9.53 Å². The van der Waals surface area contributed by atoms with E-state index in [4.69, 9.17) is 4.74 Å². The molecule has 0 bridgehead atoms. The van der Waals surface area contributed by atoms with Gasteiger partial charge in [-0.15, -0.1) is 0 Å². The molecule has 74 valence electrons. The van der Waals surface area contributed by atoms with Gasteiger partial charge in [-0.05, 0) is 25.2 Å². The quantitative estimate of drug-likeness (QED) is 0.711. The van der Waals surface area contributed by atoms with E-state index in [9.17, 15) is 4.79 Å². The third-order valence-electron chi connectivity index (χ3n) is 3.00. The Morgan fingerprint density at radius 3 is 3.00 bits per heavy atom. The van der Waals surface area contributed by atoms with E-state index in [2.05, 4.69) is 12.2 Å². The number of nitrogens with one attached hydrogen (secondary N) is 1. The SMILES string of the molecule is CC[C@@H]1C[C@H]1NC(=O)[C@@H]1CCCO1. The average molecular weight is 183 g/mol. The lowest BCUT2D eigenvalue weighted by Crippen LogP contribution is -2.36. The van der Waals surface area contributed by atoms with Crippen LogP contribution in [0.25, 0.3) is 0 Å². The molecule has 1 amide bonds. The Morgan fingerprint density at radius 2 is 2.46 bits per heavy atom. The minimum absolute atomic E-state index is 0.110. The van der Waals surface area contributed by atoms with Crippen molar-refractivity contribution in [3.63, 3.8) is 0 Å². The second kappa shape index (κ2) is 3.66. The maximum absolute atomic E-state index is 11.5. The van der Waals surface area contributed by atoms with Crippen molar-refractivity contribution in [1.29, 1.82) is 0 Å². The molecule has 1 saturated carbocycles. The van der Waals surface area contributed by atoms with E-state index in [1.807, 2.05) is 0 Å². The smallest absolute Gasteiger partial charge is 0.249 e. The Labute approximate surface area is 78.8 Å². The summed E-state index contributed by atoms with van der Waals surface area (Å²) in [5, 5.41) is 3.03. The maximum atomic E-state index is 11.5. The summed E-state index contributed by atoms with van der Waals surface area (Å²) in [5.41, 5.74) is 0. The molecule has 1 heterocycles. The van der Waals surface area contributed by atoms with Gasteiger partial charge in [0.05, 0.1) is 0 Å². The normalized spacial score (nSPS) is 37.5. The molecule has 1 N–H and O–H groups in total. The summed E-state index contributed by atoms with van der Waals surface area (Å²) in [4.78, 5) is 11.5. The fourth-order valence-corrected chi connectivity index (χ4v) is 1.94. The molecule has 2 rings (SSSR count). The summed E-state index contributed by atoms with van der Waals surface area (Å²) >= 11 is 0. The van der Waals surface area contributed by atoms with E-state index in [1.165, 1.54) is 6.42 Å². The molecule has 0 spiro atoms. The van der Waals surface area contributed by atoms with Gasteiger partial charge in [0.1, 0.15) is 6.10 Å². The van der Waals surface area contributed by atoms with Gasteiger partial charge < -0.3 is 10.1 Å². The lowest BCUT2D eigenvalue weighted by Gasteiger charge is -2.09. The van der Waals surface area contributed by atoms with Gasteiger partial charge in [-0.2, -0.15) is 0 Å². The summed E-state index contributed by atoms with van der Waals surface area (Å²) in [6.45, 7) is 2.92. The monoisotopic (exact) mass is 183 g/mol. The first kappa shape index (κ1) is 9.00. The number of carbonyl (C=O) groups is 1. The highest BCUT2D eigenvalue weighted by Gasteiger charge is 2.38. The van der Waals surface area contributed by atoms with Gasteiger partial charge in [-0.3, -0.25) is 4.79 Å². The van der Waals surface area contributed by atoms with Gasteiger partial charge in [0.25, 0.3) is 0 Å². The molecule has 1 aliphatic heterocycles. The molecule has 0 aromatic heterocycles. The highest BCUT2D eigenvalue weighted by atomic mass is 16.5. The number of rotatable bonds is 3. The van der Waals surface area contributed by atoms with E-state index in [-0.39, 0.29) is 12.0 Å². The summed E-state index contributed by atoms with van der Waals surface area (Å²) < 4.78 is 5.30. The second-order valence-electron chi connectivity index (χ2n) is 4.02. The summed E-state index contributed by atoms with van der Waals surface area (Å²) in [5.74, 6) is 0.837. The molecule has 0 radical (unpaired) electrons. The molecule has 0 aromatic carbocycles. The van der Waals surface area contributed by atoms with Gasteiger partial charge in [-0.1, -0.05) is 13.3 Å². The zero-order valence-electron chi connectivity index (χ0n) is 8.08. The van der Waals surface area contributed by atoms with Crippen molar-refractivity contribution in [3.8, 4) is 0 Å². The van der Waals surface area contributed by atoms with E-state index < -0.39 is 0 Å². The predicted molar refractivity (Wildman–Crippen MR) is 49.3 cm³/mol. The molecule has 3 heteroatoms. The van der Waals surface area contributed by atoms with Gasteiger partial charge in [0.15, 0.2) is 0 Å². The first-order chi connectivity index (χ1) is 6.31. The van der Waals surface area contributed by atoms with Crippen molar-refractivity contribution in [2.45, 2.75) is 44.8 Å². The molecule has 13 heavy (non-hydrogen) atoms. The lowest BCUT2D eigenvalue weighted by molar-refractivity contribution is -0.130. The number of hydrogen-bond acceptors (Lipinski definition) is 2. The topological polar surface area (TPSA) is 38.3 Å². The Bertz CT molecular complexity index is 199. The van der Waals surface area contributed by atoms with Crippen molar-refractivity contribution in [2.75, 3.05) is 6.61 Å². The van der Waals surface area contributed by atoms with Gasteiger partial charge in [0, 0.05) is 12.6 Å². The molecule has 2 fully saturated rings. The number of carbonyl (C=O) groups excluding carboxylic acids is 1.